The highest BCUT2D eigenvalue weighted by molar-refractivity contribution is 7.87. The summed E-state index contributed by atoms with van der Waals surface area (Å²) in [5.74, 6) is -0.0290. The van der Waals surface area contributed by atoms with Crippen LogP contribution in [0.25, 0.3) is 0 Å². The standard InChI is InChI=1S/C14H19F3N2O2S/c1-10-8-13(12-6-4-3-5-7-12)11(2)19(10)22(20,21)18-9-14(15,16)17/h3-7,10-11,13,18H,8-9H2,1-2H3. The van der Waals surface area contributed by atoms with Gasteiger partial charge in [0, 0.05) is 18.0 Å². The zero-order chi connectivity index (χ0) is 16.5. The molecule has 1 fully saturated rings. The van der Waals surface area contributed by atoms with E-state index in [0.29, 0.717) is 6.42 Å². The molecule has 22 heavy (non-hydrogen) atoms. The number of benzene rings is 1. The van der Waals surface area contributed by atoms with Crippen molar-refractivity contribution < 1.29 is 21.6 Å². The molecule has 0 bridgehead atoms. The first-order chi connectivity index (χ1) is 10.1. The van der Waals surface area contributed by atoms with Crippen molar-refractivity contribution in [3.63, 3.8) is 0 Å². The number of rotatable bonds is 4. The van der Waals surface area contributed by atoms with E-state index in [4.69, 9.17) is 0 Å². The maximum atomic E-state index is 12.3. The van der Waals surface area contributed by atoms with E-state index < -0.39 is 29.0 Å². The van der Waals surface area contributed by atoms with Gasteiger partial charge >= 0.3 is 6.18 Å². The highest BCUT2D eigenvalue weighted by Gasteiger charge is 2.44. The molecule has 1 saturated heterocycles. The molecule has 1 heterocycles. The van der Waals surface area contributed by atoms with Gasteiger partial charge in [0.05, 0.1) is 0 Å². The van der Waals surface area contributed by atoms with Crippen molar-refractivity contribution in [3.05, 3.63) is 35.9 Å². The highest BCUT2D eigenvalue weighted by Crippen LogP contribution is 2.38. The Hall–Kier alpha value is -1.12. The Morgan fingerprint density at radius 3 is 2.36 bits per heavy atom. The average Bonchev–Trinajstić information content (AvgIpc) is 2.73. The van der Waals surface area contributed by atoms with E-state index in [1.54, 1.807) is 18.6 Å². The van der Waals surface area contributed by atoms with Crippen molar-refractivity contribution in [2.24, 2.45) is 0 Å². The fourth-order valence-corrected chi connectivity index (χ4v) is 4.70. The van der Waals surface area contributed by atoms with Gasteiger partial charge in [-0.1, -0.05) is 30.3 Å². The van der Waals surface area contributed by atoms with Gasteiger partial charge in [-0.3, -0.25) is 0 Å². The molecule has 0 aliphatic carbocycles. The molecule has 0 saturated carbocycles. The Labute approximate surface area is 128 Å². The average molecular weight is 336 g/mol. The molecule has 8 heteroatoms. The fraction of sp³-hybridized carbons (Fsp3) is 0.571. The molecular formula is C14H19F3N2O2S. The molecule has 1 aliphatic heterocycles. The van der Waals surface area contributed by atoms with Gasteiger partial charge in [-0.2, -0.15) is 30.6 Å². The third-order valence-electron chi connectivity index (χ3n) is 3.97. The van der Waals surface area contributed by atoms with E-state index in [0.717, 1.165) is 9.87 Å². The lowest BCUT2D eigenvalue weighted by Crippen LogP contribution is -2.48. The number of halogens is 3. The molecule has 4 nitrogen and oxygen atoms in total. The summed E-state index contributed by atoms with van der Waals surface area (Å²) in [5, 5.41) is 0. The summed E-state index contributed by atoms with van der Waals surface area (Å²) in [6, 6.07) is 8.66. The van der Waals surface area contributed by atoms with Gasteiger partial charge in [0.15, 0.2) is 0 Å². The lowest BCUT2D eigenvalue weighted by atomic mass is 9.92. The smallest absolute Gasteiger partial charge is 0.195 e. The van der Waals surface area contributed by atoms with Crippen LogP contribution in [0.3, 0.4) is 0 Å². The van der Waals surface area contributed by atoms with Gasteiger partial charge < -0.3 is 0 Å². The molecular weight excluding hydrogens is 317 g/mol. The van der Waals surface area contributed by atoms with Gasteiger partial charge in [-0.25, -0.2) is 0 Å². The molecule has 0 spiro atoms. The Morgan fingerprint density at radius 2 is 1.82 bits per heavy atom. The van der Waals surface area contributed by atoms with Crippen molar-refractivity contribution in [2.45, 2.75) is 44.4 Å². The second-order valence-corrected chi connectivity index (χ2v) is 7.27. The lowest BCUT2D eigenvalue weighted by Gasteiger charge is -2.27. The first kappa shape index (κ1) is 17.2. The minimum atomic E-state index is -4.57. The van der Waals surface area contributed by atoms with Crippen molar-refractivity contribution in [1.29, 1.82) is 0 Å². The van der Waals surface area contributed by atoms with Gasteiger partial charge in [-0.15, -0.1) is 0 Å². The third-order valence-corrected chi connectivity index (χ3v) is 5.73. The van der Waals surface area contributed by atoms with Crippen molar-refractivity contribution in [1.82, 2.24) is 9.03 Å². The van der Waals surface area contributed by atoms with Crippen LogP contribution in [0.5, 0.6) is 0 Å². The summed E-state index contributed by atoms with van der Waals surface area (Å²) >= 11 is 0. The van der Waals surface area contributed by atoms with Gasteiger partial charge in [0.25, 0.3) is 10.2 Å². The predicted molar refractivity (Wildman–Crippen MR) is 77.5 cm³/mol. The Kier molecular flexibility index (Phi) is 4.84. The molecule has 1 N–H and O–H groups in total. The number of nitrogens with zero attached hydrogens (tertiary/aromatic N) is 1. The number of hydrogen-bond acceptors (Lipinski definition) is 2. The van der Waals surface area contributed by atoms with Crippen molar-refractivity contribution >= 4 is 10.2 Å². The quantitative estimate of drug-likeness (QED) is 0.919. The second kappa shape index (κ2) is 6.17. The first-order valence-electron chi connectivity index (χ1n) is 7.01. The minimum Gasteiger partial charge on any atom is -0.195 e. The first-order valence-corrected chi connectivity index (χ1v) is 8.45. The summed E-state index contributed by atoms with van der Waals surface area (Å²) in [5.41, 5.74) is 0.996. The van der Waals surface area contributed by atoms with Gasteiger partial charge in [-0.05, 0) is 25.8 Å². The molecule has 124 valence electrons. The Bertz CT molecular complexity index is 604. The summed E-state index contributed by atoms with van der Waals surface area (Å²) in [7, 11) is -4.17. The molecule has 1 aromatic rings. The van der Waals surface area contributed by atoms with E-state index in [1.165, 1.54) is 0 Å². The van der Waals surface area contributed by atoms with Crippen LogP contribution < -0.4 is 4.72 Å². The maximum Gasteiger partial charge on any atom is 0.402 e. The highest BCUT2D eigenvalue weighted by atomic mass is 32.2. The summed E-state index contributed by atoms with van der Waals surface area (Å²) in [4.78, 5) is 0. The number of nitrogens with one attached hydrogen (secondary N) is 1. The predicted octanol–water partition coefficient (Wildman–Crippen LogP) is 2.65. The number of hydrogen-bond donors (Lipinski definition) is 1. The summed E-state index contributed by atoms with van der Waals surface area (Å²) in [6.07, 6.45) is -3.99. The largest absolute Gasteiger partial charge is 0.402 e. The topological polar surface area (TPSA) is 49.4 Å². The monoisotopic (exact) mass is 336 g/mol. The SMILES string of the molecule is CC1CC(c2ccccc2)C(C)N1S(=O)(=O)NCC(F)(F)F. The number of alkyl halides is 3. The van der Waals surface area contributed by atoms with E-state index in [1.807, 2.05) is 30.3 Å². The van der Waals surface area contributed by atoms with Crippen molar-refractivity contribution in [3.8, 4) is 0 Å². The van der Waals surface area contributed by atoms with Crippen LogP contribution in [0, 0.1) is 0 Å². The van der Waals surface area contributed by atoms with Crippen LogP contribution >= 0.6 is 0 Å². The zero-order valence-electron chi connectivity index (χ0n) is 12.3. The molecule has 0 amide bonds. The molecule has 2 rings (SSSR count). The molecule has 1 aromatic carbocycles. The van der Waals surface area contributed by atoms with E-state index in [9.17, 15) is 21.6 Å². The Balaban J connectivity index is 2.18. The van der Waals surface area contributed by atoms with E-state index >= 15 is 0 Å². The lowest BCUT2D eigenvalue weighted by molar-refractivity contribution is -0.121. The third kappa shape index (κ3) is 3.80. The van der Waals surface area contributed by atoms with Crippen LogP contribution in [0.15, 0.2) is 30.3 Å². The second-order valence-electron chi connectivity index (χ2n) is 5.61. The van der Waals surface area contributed by atoms with Gasteiger partial charge in [0.1, 0.15) is 6.54 Å². The minimum absolute atomic E-state index is 0.0290. The van der Waals surface area contributed by atoms with E-state index in [2.05, 4.69) is 0 Å². The van der Waals surface area contributed by atoms with Crippen LogP contribution in [0.4, 0.5) is 13.2 Å². The van der Waals surface area contributed by atoms with Gasteiger partial charge in [0.2, 0.25) is 0 Å². The van der Waals surface area contributed by atoms with Crippen LogP contribution in [-0.2, 0) is 10.2 Å². The van der Waals surface area contributed by atoms with E-state index in [-0.39, 0.29) is 12.0 Å². The molecule has 0 radical (unpaired) electrons. The molecule has 3 unspecified atom stereocenters. The molecule has 3 atom stereocenters. The van der Waals surface area contributed by atoms with Crippen molar-refractivity contribution in [2.75, 3.05) is 6.54 Å². The van der Waals surface area contributed by atoms with Crippen LogP contribution in [0.2, 0.25) is 0 Å². The summed E-state index contributed by atoms with van der Waals surface area (Å²) < 4.78 is 64.0. The molecule has 0 aromatic heterocycles. The fourth-order valence-electron chi connectivity index (χ4n) is 3.07. The maximum absolute atomic E-state index is 12.3. The van der Waals surface area contributed by atoms with Crippen LogP contribution in [0.1, 0.15) is 31.7 Å². The zero-order valence-corrected chi connectivity index (χ0v) is 13.2. The van der Waals surface area contributed by atoms with Crippen LogP contribution in [-0.4, -0.2) is 37.5 Å². The Morgan fingerprint density at radius 1 is 1.23 bits per heavy atom. The summed E-state index contributed by atoms with van der Waals surface area (Å²) in [6.45, 7) is 1.89. The molecule has 1 aliphatic rings. The normalized spacial score (nSPS) is 27.2.